The molecule has 2 amide bonds. The second-order valence-corrected chi connectivity index (χ2v) is 8.43. The van der Waals surface area contributed by atoms with Gasteiger partial charge in [0.2, 0.25) is 0 Å². The summed E-state index contributed by atoms with van der Waals surface area (Å²) in [7, 11) is 0. The van der Waals surface area contributed by atoms with Crippen molar-refractivity contribution in [3.63, 3.8) is 0 Å². The van der Waals surface area contributed by atoms with Gasteiger partial charge in [-0.25, -0.2) is 0 Å². The number of allylic oxidation sites excluding steroid dienone is 3. The van der Waals surface area contributed by atoms with E-state index in [1.54, 1.807) is 11.0 Å². The average molecular weight is 476 g/mol. The summed E-state index contributed by atoms with van der Waals surface area (Å²) < 4.78 is 0. The van der Waals surface area contributed by atoms with Crippen LogP contribution in [0.4, 0.5) is 0 Å². The molecule has 3 rings (SSSR count). The van der Waals surface area contributed by atoms with Crippen LogP contribution in [0.15, 0.2) is 35.5 Å². The molecule has 0 radical (unpaired) electrons. The molecule has 1 saturated heterocycles. The summed E-state index contributed by atoms with van der Waals surface area (Å²) >= 11 is 6.32. The monoisotopic (exact) mass is 475 g/mol. The molecule has 8 nitrogen and oxygen atoms in total. The summed E-state index contributed by atoms with van der Waals surface area (Å²) in [6.07, 6.45) is 13.0. The third kappa shape index (κ3) is 6.99. The number of piperidine rings is 1. The van der Waals surface area contributed by atoms with Crippen molar-refractivity contribution in [3.8, 4) is 11.5 Å². The number of nitrogens with zero attached hydrogens (tertiary/aromatic N) is 2. The van der Waals surface area contributed by atoms with Gasteiger partial charge in [0.15, 0.2) is 6.61 Å². The Balaban J connectivity index is 1.86. The zero-order valence-corrected chi connectivity index (χ0v) is 19.3. The Labute approximate surface area is 198 Å². The minimum Gasteiger partial charge on any atom is -0.507 e. The molecule has 0 aliphatic carbocycles. The quantitative estimate of drug-likeness (QED) is 0.456. The molecule has 0 spiro atoms. The van der Waals surface area contributed by atoms with E-state index in [2.05, 4.69) is 10.5 Å². The molecule has 178 valence electrons. The van der Waals surface area contributed by atoms with Crippen LogP contribution in [0.25, 0.3) is 0 Å². The van der Waals surface area contributed by atoms with Crippen LogP contribution >= 0.6 is 11.6 Å². The molecular weight excluding hydrogens is 446 g/mol. The molecule has 9 heteroatoms. The summed E-state index contributed by atoms with van der Waals surface area (Å²) in [6.45, 7) is 1.66. The summed E-state index contributed by atoms with van der Waals surface area (Å²) in [5, 5.41) is 27.3. The van der Waals surface area contributed by atoms with Crippen molar-refractivity contribution in [1.29, 1.82) is 0 Å². The number of oxime groups is 1. The first-order valence-electron chi connectivity index (χ1n) is 11.3. The van der Waals surface area contributed by atoms with Gasteiger partial charge in [0.25, 0.3) is 11.8 Å². The van der Waals surface area contributed by atoms with E-state index in [9.17, 15) is 19.8 Å². The molecule has 0 bridgehead atoms. The lowest BCUT2D eigenvalue weighted by Crippen LogP contribution is -2.37. The fraction of sp³-hybridized carbons (Fsp3) is 0.458. The summed E-state index contributed by atoms with van der Waals surface area (Å²) in [6, 6.07) is 1.05. The number of likely N-dealkylation sites (tertiary alicyclic amines) is 1. The Kier molecular flexibility index (Phi) is 9.18. The summed E-state index contributed by atoms with van der Waals surface area (Å²) in [5.74, 6) is -1.34. The number of carbonyl (C=O) groups is 2. The van der Waals surface area contributed by atoms with Gasteiger partial charge in [-0.3, -0.25) is 9.59 Å². The first kappa shape index (κ1) is 24.6. The van der Waals surface area contributed by atoms with Crippen molar-refractivity contribution in [2.45, 2.75) is 44.9 Å². The molecule has 1 aromatic rings. The van der Waals surface area contributed by atoms with Crippen LogP contribution in [-0.2, 0) is 16.1 Å². The van der Waals surface area contributed by atoms with Gasteiger partial charge in [0.1, 0.15) is 11.5 Å². The Morgan fingerprint density at radius 2 is 1.82 bits per heavy atom. The van der Waals surface area contributed by atoms with Crippen LogP contribution in [0.5, 0.6) is 11.5 Å². The number of rotatable bonds is 3. The topological polar surface area (TPSA) is 111 Å². The zero-order chi connectivity index (χ0) is 23.6. The van der Waals surface area contributed by atoms with Crippen LogP contribution in [0, 0.1) is 0 Å². The van der Waals surface area contributed by atoms with Gasteiger partial charge >= 0.3 is 0 Å². The molecule has 1 aromatic carbocycles. The van der Waals surface area contributed by atoms with Crippen LogP contribution < -0.4 is 5.32 Å². The number of aromatic hydroxyl groups is 2. The minimum absolute atomic E-state index is 0.0216. The molecule has 1 fully saturated rings. The highest BCUT2D eigenvalue weighted by atomic mass is 35.5. The van der Waals surface area contributed by atoms with E-state index in [0.717, 1.165) is 51.3 Å². The number of hydrogen-bond donors (Lipinski definition) is 3. The number of nitrogens with one attached hydrogen (secondary N) is 1. The summed E-state index contributed by atoms with van der Waals surface area (Å²) in [5.41, 5.74) is 0.612. The standard InChI is InChI=1S/C24H30ClN3O5/c25-23-18-14-17(27-33-16-21(31)28-12-8-5-9-13-28)10-6-3-1-2-4-7-11-26-24(32)22(18)19(29)15-20(23)30/h2,4,6,10,15,29-30H,1,3,5,7-9,11-14,16H2,(H,26,32)/b4-2+,10-6+,27-17?. The molecule has 0 saturated carbocycles. The zero-order valence-electron chi connectivity index (χ0n) is 18.6. The van der Waals surface area contributed by atoms with Gasteiger partial charge in [0, 0.05) is 32.1 Å². The lowest BCUT2D eigenvalue weighted by molar-refractivity contribution is -0.137. The molecule has 0 atom stereocenters. The minimum atomic E-state index is -0.501. The van der Waals surface area contributed by atoms with E-state index >= 15 is 0 Å². The molecule has 3 N–H and O–H groups in total. The Hall–Kier alpha value is -3.00. The molecule has 2 aliphatic rings. The van der Waals surface area contributed by atoms with Gasteiger partial charge in [-0.15, -0.1) is 0 Å². The second-order valence-electron chi connectivity index (χ2n) is 8.05. The fourth-order valence-corrected chi connectivity index (χ4v) is 4.03. The number of amides is 2. The van der Waals surface area contributed by atoms with Crippen molar-refractivity contribution >= 4 is 29.1 Å². The average Bonchev–Trinajstić information content (AvgIpc) is 2.80. The highest BCUT2D eigenvalue weighted by Crippen LogP contribution is 2.36. The number of phenolic OH excluding ortho intramolecular Hbond substituents is 2. The van der Waals surface area contributed by atoms with E-state index < -0.39 is 5.91 Å². The fourth-order valence-electron chi connectivity index (χ4n) is 3.82. The molecule has 2 aliphatic heterocycles. The van der Waals surface area contributed by atoms with Gasteiger partial charge in [-0.05, 0) is 50.2 Å². The van der Waals surface area contributed by atoms with E-state index in [1.807, 2.05) is 18.2 Å². The van der Waals surface area contributed by atoms with Crippen molar-refractivity contribution in [1.82, 2.24) is 10.2 Å². The lowest BCUT2D eigenvalue weighted by atomic mass is 9.98. The molecule has 2 heterocycles. The van der Waals surface area contributed by atoms with Crippen molar-refractivity contribution in [3.05, 3.63) is 46.5 Å². The SMILES string of the molecule is O=C1NCC/C=C/CC/C=C/C(=NOCC(=O)N2CCCCC2)Cc2c(Cl)c(O)cc(O)c21. The number of fused-ring (bicyclic) bond motifs is 1. The second kappa shape index (κ2) is 12.3. The lowest BCUT2D eigenvalue weighted by Gasteiger charge is -2.26. The smallest absolute Gasteiger partial charge is 0.263 e. The van der Waals surface area contributed by atoms with Gasteiger partial charge in [-0.1, -0.05) is 35.0 Å². The number of carbonyl (C=O) groups excluding carboxylic acids is 2. The predicted molar refractivity (Wildman–Crippen MR) is 127 cm³/mol. The first-order valence-corrected chi connectivity index (χ1v) is 11.6. The van der Waals surface area contributed by atoms with Crippen LogP contribution in [-0.4, -0.2) is 58.9 Å². The molecule has 0 unspecified atom stereocenters. The third-order valence-electron chi connectivity index (χ3n) is 5.56. The number of benzene rings is 1. The predicted octanol–water partition coefficient (Wildman–Crippen LogP) is 3.70. The molecule has 0 aromatic heterocycles. The maximum Gasteiger partial charge on any atom is 0.263 e. The highest BCUT2D eigenvalue weighted by Gasteiger charge is 2.23. The van der Waals surface area contributed by atoms with Crippen molar-refractivity contribution in [2.24, 2.45) is 5.16 Å². The van der Waals surface area contributed by atoms with Crippen molar-refractivity contribution < 1.29 is 24.6 Å². The van der Waals surface area contributed by atoms with E-state index in [-0.39, 0.29) is 46.6 Å². The van der Waals surface area contributed by atoms with E-state index in [0.29, 0.717) is 18.7 Å². The Morgan fingerprint density at radius 1 is 1.09 bits per heavy atom. The maximum absolute atomic E-state index is 12.8. The number of halogens is 1. The van der Waals surface area contributed by atoms with Crippen molar-refractivity contribution in [2.75, 3.05) is 26.2 Å². The highest BCUT2D eigenvalue weighted by molar-refractivity contribution is 6.33. The number of phenols is 2. The number of hydrogen-bond acceptors (Lipinski definition) is 6. The Bertz CT molecular complexity index is 952. The Morgan fingerprint density at radius 3 is 2.61 bits per heavy atom. The van der Waals surface area contributed by atoms with Gasteiger partial charge in [0.05, 0.1) is 16.3 Å². The van der Waals surface area contributed by atoms with Gasteiger partial charge in [-0.2, -0.15) is 0 Å². The summed E-state index contributed by atoms with van der Waals surface area (Å²) in [4.78, 5) is 32.3. The van der Waals surface area contributed by atoms with E-state index in [4.69, 9.17) is 16.4 Å². The van der Waals surface area contributed by atoms with Crippen LogP contribution in [0.1, 0.15) is 54.4 Å². The largest absolute Gasteiger partial charge is 0.507 e. The van der Waals surface area contributed by atoms with Crippen LogP contribution in [0.2, 0.25) is 5.02 Å². The molecule has 33 heavy (non-hydrogen) atoms. The maximum atomic E-state index is 12.8. The normalized spacial score (nSPS) is 20.9. The van der Waals surface area contributed by atoms with Gasteiger partial charge < -0.3 is 25.3 Å². The van der Waals surface area contributed by atoms with E-state index in [1.165, 1.54) is 0 Å². The molecular formula is C24H30ClN3O5. The van der Waals surface area contributed by atoms with Crippen LogP contribution in [0.3, 0.4) is 0 Å². The first-order chi connectivity index (χ1) is 16.0. The third-order valence-corrected chi connectivity index (χ3v) is 5.98.